The van der Waals surface area contributed by atoms with Gasteiger partial charge in [-0.05, 0) is 79.6 Å². The molecule has 1 amide bonds. The van der Waals surface area contributed by atoms with E-state index in [4.69, 9.17) is 9.47 Å². The summed E-state index contributed by atoms with van der Waals surface area (Å²) in [6.07, 6.45) is 8.04. The molecule has 0 radical (unpaired) electrons. The maximum atomic E-state index is 14.0. The number of nitrogens with one attached hydrogen (secondary N) is 1. The van der Waals surface area contributed by atoms with Crippen LogP contribution in [-0.2, 0) is 16.0 Å². The number of aromatic carboxylic acids is 1. The Kier molecular flexibility index (Phi) is 11.6. The number of para-hydroxylation sites is 1. The molecule has 46 heavy (non-hydrogen) atoms. The van der Waals surface area contributed by atoms with Crippen molar-refractivity contribution in [2.24, 2.45) is 0 Å². The smallest absolute Gasteiger partial charge is 0.339 e. The quantitative estimate of drug-likeness (QED) is 0.164. The lowest BCUT2D eigenvalue weighted by molar-refractivity contribution is -0.122. The molecule has 1 aliphatic carbocycles. The summed E-state index contributed by atoms with van der Waals surface area (Å²) in [6, 6.07) is 19.6. The van der Waals surface area contributed by atoms with Crippen LogP contribution in [0.5, 0.6) is 5.75 Å². The number of carbonyl (C=O) groups is 2. The van der Waals surface area contributed by atoms with E-state index in [0.29, 0.717) is 16.5 Å². The number of piperidine rings is 1. The first-order valence-electron chi connectivity index (χ1n) is 15.2. The first kappa shape index (κ1) is 35.1. The van der Waals surface area contributed by atoms with E-state index in [1.807, 2.05) is 29.3 Å². The number of carboxylic acids is 1. The Morgan fingerprint density at radius 2 is 1.74 bits per heavy atom. The van der Waals surface area contributed by atoms with Crippen LogP contribution in [0.1, 0.15) is 59.7 Å². The third-order valence-electron chi connectivity index (χ3n) is 8.63. The predicted molar refractivity (Wildman–Crippen MR) is 189 cm³/mol. The summed E-state index contributed by atoms with van der Waals surface area (Å²) in [7, 11) is 3.09. The molecule has 1 unspecified atom stereocenters. The van der Waals surface area contributed by atoms with Crippen LogP contribution in [0.2, 0.25) is 0 Å². The van der Waals surface area contributed by atoms with Crippen LogP contribution in [0.15, 0.2) is 82.9 Å². The summed E-state index contributed by atoms with van der Waals surface area (Å²) in [5, 5.41) is 11.5. The minimum Gasteiger partial charge on any atom is -0.496 e. The van der Waals surface area contributed by atoms with E-state index in [1.54, 1.807) is 13.2 Å². The third kappa shape index (κ3) is 7.27. The third-order valence-corrected chi connectivity index (χ3v) is 9.37. The number of halogens is 2. The fourth-order valence-corrected chi connectivity index (χ4v) is 6.79. The van der Waals surface area contributed by atoms with E-state index < -0.39 is 11.7 Å². The van der Waals surface area contributed by atoms with Crippen LogP contribution in [0, 0.1) is 6.92 Å². The van der Waals surface area contributed by atoms with Gasteiger partial charge in [-0.25, -0.2) is 9.80 Å². The highest BCUT2D eigenvalue weighted by molar-refractivity contribution is 9.10. The van der Waals surface area contributed by atoms with Gasteiger partial charge in [-0.15, -0.1) is 12.4 Å². The number of allylic oxidation sites excluding steroid dienone is 2. The molecular weight excluding hydrogens is 670 g/mol. The van der Waals surface area contributed by atoms with Crippen molar-refractivity contribution in [2.45, 2.75) is 51.7 Å². The summed E-state index contributed by atoms with van der Waals surface area (Å²) < 4.78 is 12.2. The lowest BCUT2D eigenvalue weighted by Crippen LogP contribution is -2.59. The average molecular weight is 711 g/mol. The molecule has 1 fully saturated rings. The topological polar surface area (TPSA) is 91.3 Å². The van der Waals surface area contributed by atoms with Gasteiger partial charge in [0.05, 0.1) is 24.9 Å². The number of aryl methyl sites for hydroxylation is 1. The van der Waals surface area contributed by atoms with Crippen molar-refractivity contribution in [3.05, 3.63) is 105 Å². The highest BCUT2D eigenvalue weighted by Gasteiger charge is 2.41. The molecule has 0 saturated carbocycles. The predicted octanol–water partition coefficient (Wildman–Crippen LogP) is 7.73. The summed E-state index contributed by atoms with van der Waals surface area (Å²) in [5.41, 5.74) is 9.16. The number of benzene rings is 3. The normalized spacial score (nSPS) is 17.7. The Hall–Kier alpha value is -3.79. The van der Waals surface area contributed by atoms with Crippen molar-refractivity contribution in [1.82, 2.24) is 5.43 Å². The first-order valence-corrected chi connectivity index (χ1v) is 16.0. The highest BCUT2D eigenvalue weighted by Crippen LogP contribution is 2.43. The summed E-state index contributed by atoms with van der Waals surface area (Å²) >= 11 is 3.47. The molecular formula is C36H41BrClN3O5. The van der Waals surface area contributed by atoms with Gasteiger partial charge in [0.1, 0.15) is 11.3 Å². The van der Waals surface area contributed by atoms with Crippen molar-refractivity contribution >= 4 is 57.2 Å². The molecule has 8 nitrogen and oxygen atoms in total. The Morgan fingerprint density at radius 1 is 1.02 bits per heavy atom. The van der Waals surface area contributed by atoms with E-state index in [0.717, 1.165) is 59.6 Å². The van der Waals surface area contributed by atoms with Crippen LogP contribution in [-0.4, -0.2) is 50.0 Å². The number of methoxy groups -OCH3 is 2. The molecule has 2 N–H and O–H groups in total. The van der Waals surface area contributed by atoms with Crippen LogP contribution in [0.25, 0.3) is 5.57 Å². The van der Waals surface area contributed by atoms with Gasteiger partial charge in [0.25, 0.3) is 0 Å². The molecule has 5 rings (SSSR count). The fraction of sp³-hybridized carbons (Fsp3) is 0.333. The standard InChI is InChI=1S/C36H40BrN3O5.ClH/c1-24-12-11-15-31(39-18-9-6-10-19-39)34(24)40(36(45-4)17-16-28(25(2)23-36)26-13-7-5-8-14-26)38-33(41)21-27-20-32(44-3)29(35(42)43)22-30(27)37;/h5,7-8,11-17,20,22H,6,9-10,18-19,21,23H2,1-4H3,(H,38,41)(H,42,43);1H. The Bertz CT molecular complexity index is 1640. The molecule has 1 saturated heterocycles. The van der Waals surface area contributed by atoms with Crippen LogP contribution in [0.4, 0.5) is 11.4 Å². The lowest BCUT2D eigenvalue weighted by Gasteiger charge is -2.46. The number of hydrogen-bond donors (Lipinski definition) is 2. The Balaban J connectivity index is 0.00000480. The maximum Gasteiger partial charge on any atom is 0.339 e. The molecule has 1 heterocycles. The van der Waals surface area contributed by atoms with Crippen LogP contribution in [0.3, 0.4) is 0 Å². The van der Waals surface area contributed by atoms with Crippen molar-refractivity contribution in [3.8, 4) is 5.75 Å². The largest absolute Gasteiger partial charge is 0.496 e. The molecule has 3 aromatic carbocycles. The Morgan fingerprint density at radius 3 is 2.37 bits per heavy atom. The molecule has 244 valence electrons. The molecule has 10 heteroatoms. The zero-order valence-electron chi connectivity index (χ0n) is 26.6. The average Bonchev–Trinajstić information content (AvgIpc) is 3.05. The van der Waals surface area contributed by atoms with Crippen LogP contribution < -0.4 is 20.1 Å². The zero-order chi connectivity index (χ0) is 32.1. The van der Waals surface area contributed by atoms with Gasteiger partial charge in [0.15, 0.2) is 5.72 Å². The molecule has 1 atom stereocenters. The molecule has 0 bridgehead atoms. The number of rotatable bonds is 10. The van der Waals surface area contributed by atoms with E-state index >= 15 is 0 Å². The van der Waals surface area contributed by atoms with E-state index in [2.05, 4.69) is 76.5 Å². The Labute approximate surface area is 285 Å². The van der Waals surface area contributed by atoms with Gasteiger partial charge >= 0.3 is 5.97 Å². The van der Waals surface area contributed by atoms with Crippen molar-refractivity contribution in [1.29, 1.82) is 0 Å². The number of hydrazine groups is 1. The molecule has 2 aliphatic rings. The van der Waals surface area contributed by atoms with Crippen LogP contribution >= 0.6 is 28.3 Å². The van der Waals surface area contributed by atoms with Crippen molar-refractivity contribution < 1.29 is 24.2 Å². The fourth-order valence-electron chi connectivity index (χ4n) is 6.30. The zero-order valence-corrected chi connectivity index (χ0v) is 29.0. The first-order chi connectivity index (χ1) is 21.7. The van der Waals surface area contributed by atoms with E-state index in [1.165, 1.54) is 19.6 Å². The van der Waals surface area contributed by atoms with Gasteiger partial charge in [0.2, 0.25) is 5.91 Å². The maximum absolute atomic E-state index is 14.0. The summed E-state index contributed by atoms with van der Waals surface area (Å²) in [4.78, 5) is 28.1. The second-order valence-electron chi connectivity index (χ2n) is 11.6. The van der Waals surface area contributed by atoms with Gasteiger partial charge in [-0.2, -0.15) is 0 Å². The van der Waals surface area contributed by atoms with Gasteiger partial charge in [-0.1, -0.05) is 70.0 Å². The second kappa shape index (κ2) is 15.2. The van der Waals surface area contributed by atoms with Gasteiger partial charge in [0, 0.05) is 31.1 Å². The van der Waals surface area contributed by atoms with E-state index in [-0.39, 0.29) is 36.0 Å². The minimum absolute atomic E-state index is 0. The number of amides is 1. The second-order valence-corrected chi connectivity index (χ2v) is 12.5. The summed E-state index contributed by atoms with van der Waals surface area (Å²) in [5.74, 6) is -1.20. The van der Waals surface area contributed by atoms with Crippen molar-refractivity contribution in [3.63, 3.8) is 0 Å². The van der Waals surface area contributed by atoms with E-state index in [9.17, 15) is 14.7 Å². The molecule has 3 aromatic rings. The number of ether oxygens (including phenoxy) is 2. The monoisotopic (exact) mass is 709 g/mol. The number of nitrogens with zero attached hydrogens (tertiary/aromatic N) is 2. The number of hydrogen-bond acceptors (Lipinski definition) is 6. The molecule has 0 aromatic heterocycles. The molecule has 0 spiro atoms. The number of carbonyl (C=O) groups excluding carboxylic acids is 1. The minimum atomic E-state index is -1.11. The van der Waals surface area contributed by atoms with Gasteiger partial charge in [-0.3, -0.25) is 10.2 Å². The van der Waals surface area contributed by atoms with Crippen molar-refractivity contribution in [2.75, 3.05) is 37.2 Å². The SMILES string of the molecule is COc1cc(CC(=O)NN(c2c(C)cccc2N2CCCCC2)C2(OC)C=CC(c3ccccc3)=C(C)C2)c(Br)cc1C(=O)O.Cl. The van der Waals surface area contributed by atoms with Gasteiger partial charge < -0.3 is 19.5 Å². The number of carboxylic acid groups (broad SMARTS) is 1. The number of anilines is 2. The highest BCUT2D eigenvalue weighted by atomic mass is 79.9. The molecule has 1 aliphatic heterocycles. The lowest BCUT2D eigenvalue weighted by atomic mass is 9.88. The summed E-state index contributed by atoms with van der Waals surface area (Å²) in [6.45, 7) is 6.04.